The number of aromatic nitrogens is 7. The summed E-state index contributed by atoms with van der Waals surface area (Å²) in [6, 6.07) is 9.89. The minimum atomic E-state index is -2.60. The van der Waals surface area contributed by atoms with Crippen molar-refractivity contribution in [1.82, 2.24) is 35.2 Å². The predicted octanol–water partition coefficient (Wildman–Crippen LogP) is 5.04. The van der Waals surface area contributed by atoms with E-state index in [0.29, 0.717) is 48.7 Å². The van der Waals surface area contributed by atoms with Gasteiger partial charge in [0.05, 0.1) is 17.3 Å². The van der Waals surface area contributed by atoms with Crippen LogP contribution in [0.5, 0.6) is 0 Å². The number of aliphatic hydroxyl groups is 1. The van der Waals surface area contributed by atoms with Gasteiger partial charge in [-0.1, -0.05) is 0 Å². The molecule has 0 spiro atoms. The lowest BCUT2D eigenvalue weighted by atomic mass is 9.73. The van der Waals surface area contributed by atoms with E-state index in [0.717, 1.165) is 11.1 Å². The van der Waals surface area contributed by atoms with E-state index >= 15 is 0 Å². The Morgan fingerprint density at radius 2 is 1.90 bits per heavy atom. The molecule has 1 atom stereocenters. The van der Waals surface area contributed by atoms with E-state index in [2.05, 4.69) is 35.8 Å². The summed E-state index contributed by atoms with van der Waals surface area (Å²) < 4.78 is 33.0. The summed E-state index contributed by atoms with van der Waals surface area (Å²) >= 11 is 0. The van der Waals surface area contributed by atoms with Crippen molar-refractivity contribution < 1.29 is 23.4 Å². The quantitative estimate of drug-likeness (QED) is 0.260. The second-order valence-corrected chi connectivity index (χ2v) is 10.8. The number of hydrogen-bond donors (Lipinski definition) is 2. The van der Waals surface area contributed by atoms with E-state index in [1.807, 2.05) is 19.1 Å². The van der Waals surface area contributed by atoms with Crippen molar-refractivity contribution in [2.45, 2.75) is 65.2 Å². The Labute approximate surface area is 241 Å². The summed E-state index contributed by atoms with van der Waals surface area (Å²) in [7, 11) is 0. The maximum absolute atomic E-state index is 13.1. The zero-order valence-electron chi connectivity index (χ0n) is 23.5. The van der Waals surface area contributed by atoms with Gasteiger partial charge in [0.25, 0.3) is 6.43 Å². The summed E-state index contributed by atoms with van der Waals surface area (Å²) in [4.78, 5) is 25.9. The molecule has 13 heteroatoms. The average Bonchev–Trinajstić information content (AvgIpc) is 3.40. The first-order valence-corrected chi connectivity index (χ1v) is 13.7. The number of tetrazole rings is 1. The second-order valence-electron chi connectivity index (χ2n) is 10.8. The van der Waals surface area contributed by atoms with Gasteiger partial charge in [-0.2, -0.15) is 4.68 Å². The number of aryl methyl sites for hydroxylation is 2. The molecule has 0 aromatic carbocycles. The van der Waals surface area contributed by atoms with E-state index in [1.54, 1.807) is 32.2 Å². The van der Waals surface area contributed by atoms with Gasteiger partial charge in [0.2, 0.25) is 0 Å². The van der Waals surface area contributed by atoms with Crippen molar-refractivity contribution in [1.29, 1.82) is 0 Å². The van der Waals surface area contributed by atoms with Crippen LogP contribution < -0.4 is 5.32 Å². The molecule has 0 amide bonds. The summed E-state index contributed by atoms with van der Waals surface area (Å²) in [6.07, 6.45) is 2.89. The molecule has 2 N–H and O–H groups in total. The number of carbonyl (C=O) groups excluding carboxylic acids is 1. The molecule has 220 valence electrons. The molecule has 0 radical (unpaired) electrons. The van der Waals surface area contributed by atoms with Crippen LogP contribution in [0.4, 0.5) is 20.4 Å². The molecule has 5 rings (SSSR count). The van der Waals surface area contributed by atoms with Crippen molar-refractivity contribution in [3.63, 3.8) is 0 Å². The number of ether oxygens (including phenoxy) is 1. The zero-order chi connectivity index (χ0) is 29.9. The third-order valence-corrected chi connectivity index (χ3v) is 7.74. The molecule has 1 fully saturated rings. The van der Waals surface area contributed by atoms with Gasteiger partial charge >= 0.3 is 5.97 Å². The molecule has 1 aliphatic carbocycles. The van der Waals surface area contributed by atoms with Crippen molar-refractivity contribution in [3.8, 4) is 11.3 Å². The first kappa shape index (κ1) is 29.1. The van der Waals surface area contributed by atoms with Crippen LogP contribution in [0.2, 0.25) is 0 Å². The smallest absolute Gasteiger partial charge is 0.310 e. The number of anilines is 2. The molecule has 0 bridgehead atoms. The van der Waals surface area contributed by atoms with Crippen LogP contribution in [0.25, 0.3) is 11.3 Å². The van der Waals surface area contributed by atoms with Gasteiger partial charge in [0, 0.05) is 23.5 Å². The van der Waals surface area contributed by atoms with Crippen LogP contribution in [0.15, 0.2) is 48.8 Å². The largest absolute Gasteiger partial charge is 0.442 e. The van der Waals surface area contributed by atoms with Crippen molar-refractivity contribution in [2.24, 2.45) is 11.8 Å². The molecule has 4 heterocycles. The molecule has 4 aromatic heterocycles. The SMILES string of the molecule is Cc1cc(Nc2cc(C(F)F)ccn2)nc(-c2ccc([C@](C)(O)[C@H]3CC[C@H](C(=O)OCn4nnnc4C)CC3)nc2)c1. The molecule has 0 saturated heterocycles. The van der Waals surface area contributed by atoms with Crippen LogP contribution in [0, 0.1) is 25.7 Å². The highest BCUT2D eigenvalue weighted by Crippen LogP contribution is 2.41. The third kappa shape index (κ3) is 6.56. The van der Waals surface area contributed by atoms with Gasteiger partial charge < -0.3 is 15.2 Å². The minimum Gasteiger partial charge on any atom is -0.442 e. The number of nitrogens with one attached hydrogen (secondary N) is 1. The monoisotopic (exact) mass is 578 g/mol. The normalized spacial score (nSPS) is 18.5. The summed E-state index contributed by atoms with van der Waals surface area (Å²) in [5.41, 5.74) is 1.50. The summed E-state index contributed by atoms with van der Waals surface area (Å²) in [5.74, 6) is 0.683. The van der Waals surface area contributed by atoms with Crippen LogP contribution >= 0.6 is 0 Å². The Bertz CT molecular complexity index is 1540. The van der Waals surface area contributed by atoms with Gasteiger partial charge in [0.15, 0.2) is 12.6 Å². The van der Waals surface area contributed by atoms with E-state index in [9.17, 15) is 18.7 Å². The lowest BCUT2D eigenvalue weighted by molar-refractivity contribution is -0.155. The fourth-order valence-electron chi connectivity index (χ4n) is 5.22. The molecular weight excluding hydrogens is 546 g/mol. The first-order valence-electron chi connectivity index (χ1n) is 13.7. The Hall–Kier alpha value is -4.39. The number of hydrogen-bond acceptors (Lipinski definition) is 10. The van der Waals surface area contributed by atoms with Crippen LogP contribution in [-0.4, -0.2) is 46.2 Å². The molecule has 42 heavy (non-hydrogen) atoms. The van der Waals surface area contributed by atoms with E-state index in [-0.39, 0.29) is 35.9 Å². The molecule has 0 unspecified atom stereocenters. The number of rotatable bonds is 9. The molecular formula is C29H32F2N8O3. The lowest BCUT2D eigenvalue weighted by Gasteiger charge is -2.37. The van der Waals surface area contributed by atoms with Gasteiger partial charge in [-0.05, 0) is 105 Å². The van der Waals surface area contributed by atoms with E-state index in [4.69, 9.17) is 4.74 Å². The number of pyridine rings is 3. The zero-order valence-corrected chi connectivity index (χ0v) is 23.5. The highest BCUT2D eigenvalue weighted by atomic mass is 19.3. The van der Waals surface area contributed by atoms with Gasteiger partial charge in [-0.15, -0.1) is 5.10 Å². The Morgan fingerprint density at radius 1 is 1.12 bits per heavy atom. The van der Waals surface area contributed by atoms with E-state index < -0.39 is 12.0 Å². The highest BCUT2D eigenvalue weighted by Gasteiger charge is 2.39. The fraction of sp³-hybridized carbons (Fsp3) is 0.414. The van der Waals surface area contributed by atoms with Crippen molar-refractivity contribution in [3.05, 3.63) is 71.4 Å². The molecule has 4 aromatic rings. The number of nitrogens with zero attached hydrogens (tertiary/aromatic N) is 7. The van der Waals surface area contributed by atoms with Crippen LogP contribution in [0.1, 0.15) is 61.7 Å². The number of halogens is 2. The van der Waals surface area contributed by atoms with Crippen molar-refractivity contribution in [2.75, 3.05) is 5.32 Å². The molecule has 1 aliphatic rings. The molecule has 1 saturated carbocycles. The Balaban J connectivity index is 1.22. The Morgan fingerprint density at radius 3 is 2.57 bits per heavy atom. The fourth-order valence-corrected chi connectivity index (χ4v) is 5.22. The Kier molecular flexibility index (Phi) is 8.48. The summed E-state index contributed by atoms with van der Waals surface area (Å²) in [5, 5.41) is 25.6. The van der Waals surface area contributed by atoms with Gasteiger partial charge in [-0.25, -0.2) is 18.7 Å². The maximum Gasteiger partial charge on any atom is 0.310 e. The van der Waals surface area contributed by atoms with Crippen LogP contribution in [-0.2, 0) is 21.9 Å². The van der Waals surface area contributed by atoms with Crippen LogP contribution in [0.3, 0.4) is 0 Å². The van der Waals surface area contributed by atoms with Crippen molar-refractivity contribution >= 4 is 17.6 Å². The van der Waals surface area contributed by atoms with Gasteiger partial charge in [-0.3, -0.25) is 9.78 Å². The molecule has 0 aliphatic heterocycles. The lowest BCUT2D eigenvalue weighted by Crippen LogP contribution is -2.37. The molecule has 11 nitrogen and oxygen atoms in total. The highest BCUT2D eigenvalue weighted by molar-refractivity contribution is 5.72. The van der Waals surface area contributed by atoms with E-state index in [1.165, 1.54) is 23.0 Å². The topological polar surface area (TPSA) is 141 Å². The first-order chi connectivity index (χ1) is 20.1. The number of esters is 1. The maximum atomic E-state index is 13.1. The number of alkyl halides is 2. The second kappa shape index (κ2) is 12.2. The standard InChI is InChI=1S/C29H32F2N8O3/c1-17-12-23(34-26(13-17)35-25-14-20(27(30)31)10-11-32-25)21-6-9-24(33-15-21)29(3,41)22-7-4-19(5-8-22)28(40)42-16-39-18(2)36-37-38-39/h6,9-15,19,22,27,41H,4-5,7-8,16H2,1-3H3,(H,32,34,35)/t19-,22-,29-/m1/s1. The third-order valence-electron chi connectivity index (χ3n) is 7.74. The average molecular weight is 579 g/mol. The predicted molar refractivity (Wildman–Crippen MR) is 148 cm³/mol. The van der Waals surface area contributed by atoms with Gasteiger partial charge in [0.1, 0.15) is 17.2 Å². The minimum absolute atomic E-state index is 0.0261. The summed E-state index contributed by atoms with van der Waals surface area (Å²) in [6.45, 7) is 5.37. The number of carbonyl (C=O) groups is 1.